The SMILES string of the molecule is C=CCNC(=S)N/N=C\c1ccccc1[N+](=O)[O-]. The molecule has 0 spiro atoms. The Morgan fingerprint density at radius 2 is 2.28 bits per heavy atom. The fourth-order valence-corrected chi connectivity index (χ4v) is 1.26. The third-order valence-corrected chi connectivity index (χ3v) is 2.15. The second-order valence-electron chi connectivity index (χ2n) is 3.18. The Balaban J connectivity index is 2.64. The van der Waals surface area contributed by atoms with Crippen LogP contribution in [0, 0.1) is 10.1 Å². The van der Waals surface area contributed by atoms with E-state index in [1.165, 1.54) is 12.3 Å². The topological polar surface area (TPSA) is 79.6 Å². The van der Waals surface area contributed by atoms with E-state index in [1.54, 1.807) is 24.3 Å². The molecular weight excluding hydrogens is 252 g/mol. The highest BCUT2D eigenvalue weighted by Crippen LogP contribution is 2.14. The summed E-state index contributed by atoms with van der Waals surface area (Å²) < 4.78 is 0. The first-order valence-corrected chi connectivity index (χ1v) is 5.47. The smallest absolute Gasteiger partial charge is 0.278 e. The number of hydrogen-bond acceptors (Lipinski definition) is 4. The molecule has 0 heterocycles. The highest BCUT2D eigenvalue weighted by molar-refractivity contribution is 7.80. The first-order chi connectivity index (χ1) is 8.65. The largest absolute Gasteiger partial charge is 0.358 e. The molecule has 6 nitrogen and oxygen atoms in total. The molecule has 0 amide bonds. The first-order valence-electron chi connectivity index (χ1n) is 5.06. The van der Waals surface area contributed by atoms with Crippen molar-refractivity contribution in [3.05, 3.63) is 52.6 Å². The van der Waals surface area contributed by atoms with E-state index < -0.39 is 4.92 Å². The second kappa shape index (κ2) is 7.13. The lowest BCUT2D eigenvalue weighted by molar-refractivity contribution is -0.385. The molecule has 0 aromatic heterocycles. The van der Waals surface area contributed by atoms with Gasteiger partial charge in [-0.25, -0.2) is 0 Å². The van der Waals surface area contributed by atoms with Crippen LogP contribution < -0.4 is 10.7 Å². The predicted octanol–water partition coefficient (Wildman–Crippen LogP) is 1.58. The van der Waals surface area contributed by atoms with Gasteiger partial charge in [-0.15, -0.1) is 6.58 Å². The zero-order valence-corrected chi connectivity index (χ0v) is 10.3. The molecule has 94 valence electrons. The zero-order chi connectivity index (χ0) is 13.4. The van der Waals surface area contributed by atoms with Gasteiger partial charge in [0.05, 0.1) is 16.7 Å². The minimum atomic E-state index is -0.463. The van der Waals surface area contributed by atoms with Crippen molar-refractivity contribution in [1.82, 2.24) is 10.7 Å². The van der Waals surface area contributed by atoms with Crippen molar-refractivity contribution in [3.63, 3.8) is 0 Å². The van der Waals surface area contributed by atoms with Gasteiger partial charge in [0.1, 0.15) is 0 Å². The summed E-state index contributed by atoms with van der Waals surface area (Å²) in [5.74, 6) is 0. The maximum absolute atomic E-state index is 10.7. The summed E-state index contributed by atoms with van der Waals surface area (Å²) in [6.45, 7) is 4.05. The van der Waals surface area contributed by atoms with Crippen LogP contribution in [0.4, 0.5) is 5.69 Å². The quantitative estimate of drug-likeness (QED) is 0.277. The van der Waals surface area contributed by atoms with Gasteiger partial charge in [-0.05, 0) is 18.3 Å². The lowest BCUT2D eigenvalue weighted by Crippen LogP contribution is -2.31. The lowest BCUT2D eigenvalue weighted by atomic mass is 10.2. The summed E-state index contributed by atoms with van der Waals surface area (Å²) in [6, 6.07) is 6.31. The molecule has 0 aliphatic heterocycles. The molecule has 1 rings (SSSR count). The van der Waals surface area contributed by atoms with Gasteiger partial charge < -0.3 is 5.32 Å². The van der Waals surface area contributed by atoms with Crippen molar-refractivity contribution in [1.29, 1.82) is 0 Å². The normalized spacial score (nSPS) is 10.0. The number of nitrogens with zero attached hydrogens (tertiary/aromatic N) is 2. The van der Waals surface area contributed by atoms with Gasteiger partial charge in [0.25, 0.3) is 5.69 Å². The Morgan fingerprint density at radius 3 is 2.94 bits per heavy atom. The van der Waals surface area contributed by atoms with Crippen molar-refractivity contribution in [2.24, 2.45) is 5.10 Å². The van der Waals surface area contributed by atoms with Crippen LogP contribution in [-0.2, 0) is 0 Å². The molecule has 0 atom stereocenters. The molecule has 0 aliphatic rings. The van der Waals surface area contributed by atoms with E-state index in [0.717, 1.165) is 0 Å². The summed E-state index contributed by atoms with van der Waals surface area (Å²) in [6.07, 6.45) is 3.00. The van der Waals surface area contributed by atoms with Gasteiger partial charge in [0, 0.05) is 12.6 Å². The first kappa shape index (κ1) is 13.8. The van der Waals surface area contributed by atoms with Gasteiger partial charge in [-0.2, -0.15) is 5.10 Å². The summed E-state index contributed by atoms with van der Waals surface area (Å²) in [4.78, 5) is 10.3. The standard InChI is InChI=1S/C11H12N4O2S/c1-2-7-12-11(18)14-13-8-9-5-3-4-6-10(9)15(16)17/h2-6,8H,1,7H2,(H2,12,14,18)/b13-8-. The molecular formula is C11H12N4O2S. The molecule has 18 heavy (non-hydrogen) atoms. The van der Waals surface area contributed by atoms with E-state index in [9.17, 15) is 10.1 Å². The Labute approximate surface area is 110 Å². The van der Waals surface area contributed by atoms with Gasteiger partial charge in [0.2, 0.25) is 0 Å². The molecule has 1 aromatic carbocycles. The van der Waals surface area contributed by atoms with Gasteiger partial charge in [-0.3, -0.25) is 15.5 Å². The molecule has 1 aromatic rings. The Kier molecular flexibility index (Phi) is 5.46. The molecule has 0 saturated heterocycles. The van der Waals surface area contributed by atoms with E-state index >= 15 is 0 Å². The van der Waals surface area contributed by atoms with Gasteiger partial charge in [0.15, 0.2) is 5.11 Å². The molecule has 0 unspecified atom stereocenters. The number of para-hydroxylation sites is 1. The Hall–Kier alpha value is -2.28. The van der Waals surface area contributed by atoms with Gasteiger partial charge in [-0.1, -0.05) is 18.2 Å². The number of nitro benzene ring substituents is 1. The molecule has 0 saturated carbocycles. The van der Waals surface area contributed by atoms with Crippen LogP contribution in [0.25, 0.3) is 0 Å². The summed E-state index contributed by atoms with van der Waals surface area (Å²) in [5.41, 5.74) is 2.95. The summed E-state index contributed by atoms with van der Waals surface area (Å²) in [7, 11) is 0. The number of hydrogen-bond donors (Lipinski definition) is 2. The van der Waals surface area contributed by atoms with Crippen molar-refractivity contribution in [3.8, 4) is 0 Å². The van der Waals surface area contributed by atoms with E-state index in [0.29, 0.717) is 17.2 Å². The van der Waals surface area contributed by atoms with Crippen molar-refractivity contribution in [2.45, 2.75) is 0 Å². The fourth-order valence-electron chi connectivity index (χ4n) is 1.13. The number of benzene rings is 1. The molecule has 2 N–H and O–H groups in total. The molecule has 0 fully saturated rings. The van der Waals surface area contributed by atoms with E-state index in [-0.39, 0.29) is 5.69 Å². The van der Waals surface area contributed by atoms with Crippen molar-refractivity contribution < 1.29 is 4.92 Å². The van der Waals surface area contributed by atoms with Crippen LogP contribution in [-0.4, -0.2) is 22.8 Å². The highest BCUT2D eigenvalue weighted by atomic mass is 32.1. The Morgan fingerprint density at radius 1 is 1.56 bits per heavy atom. The number of hydrazone groups is 1. The average molecular weight is 264 g/mol. The Bertz CT molecular complexity index is 488. The summed E-state index contributed by atoms with van der Waals surface area (Å²) in [5, 5.41) is 17.7. The minimum Gasteiger partial charge on any atom is -0.358 e. The van der Waals surface area contributed by atoms with E-state index in [1.807, 2.05) is 0 Å². The fraction of sp³-hybridized carbons (Fsp3) is 0.0909. The molecule has 7 heteroatoms. The molecule has 0 aliphatic carbocycles. The van der Waals surface area contributed by atoms with Crippen molar-refractivity contribution >= 4 is 29.2 Å². The third kappa shape index (κ3) is 4.30. The summed E-state index contributed by atoms with van der Waals surface area (Å²) >= 11 is 4.90. The molecule has 0 bridgehead atoms. The number of thiocarbonyl (C=S) groups is 1. The van der Waals surface area contributed by atoms with Crippen LogP contribution in [0.1, 0.15) is 5.56 Å². The lowest BCUT2D eigenvalue weighted by Gasteiger charge is -2.03. The van der Waals surface area contributed by atoms with Crippen LogP contribution in [0.15, 0.2) is 42.0 Å². The number of nitrogens with one attached hydrogen (secondary N) is 2. The van der Waals surface area contributed by atoms with Crippen molar-refractivity contribution in [2.75, 3.05) is 6.54 Å². The third-order valence-electron chi connectivity index (χ3n) is 1.91. The number of nitro groups is 1. The molecule has 0 radical (unpaired) electrons. The maximum atomic E-state index is 10.7. The maximum Gasteiger partial charge on any atom is 0.278 e. The monoisotopic (exact) mass is 264 g/mol. The van der Waals surface area contributed by atoms with Crippen LogP contribution in [0.3, 0.4) is 0 Å². The zero-order valence-electron chi connectivity index (χ0n) is 9.50. The minimum absolute atomic E-state index is 0.00646. The average Bonchev–Trinajstić information content (AvgIpc) is 2.36. The number of rotatable bonds is 5. The van der Waals surface area contributed by atoms with Crippen LogP contribution in [0.5, 0.6) is 0 Å². The second-order valence-corrected chi connectivity index (χ2v) is 3.59. The van der Waals surface area contributed by atoms with Crippen LogP contribution >= 0.6 is 12.2 Å². The van der Waals surface area contributed by atoms with E-state index in [4.69, 9.17) is 12.2 Å². The van der Waals surface area contributed by atoms with E-state index in [2.05, 4.69) is 22.4 Å². The van der Waals surface area contributed by atoms with Crippen LogP contribution in [0.2, 0.25) is 0 Å². The predicted molar refractivity (Wildman–Crippen MR) is 74.6 cm³/mol. The van der Waals surface area contributed by atoms with Gasteiger partial charge >= 0.3 is 0 Å². The highest BCUT2D eigenvalue weighted by Gasteiger charge is 2.09.